The van der Waals surface area contributed by atoms with Gasteiger partial charge in [-0.05, 0) is 57.4 Å². The molecule has 6 nitrogen and oxygen atoms in total. The van der Waals surface area contributed by atoms with E-state index in [2.05, 4.69) is 13.8 Å². The fourth-order valence-corrected chi connectivity index (χ4v) is 6.78. The Bertz CT molecular complexity index is 1140. The Hall–Kier alpha value is -1.68. The van der Waals surface area contributed by atoms with E-state index in [0.29, 0.717) is 31.6 Å². The zero-order valence-electron chi connectivity index (χ0n) is 19.7. The lowest BCUT2D eigenvalue weighted by Gasteiger charge is -2.40. The van der Waals surface area contributed by atoms with Gasteiger partial charge in [0.1, 0.15) is 0 Å². The standard InChI is InChI=1S/C23H33F3N4O2S/c1-5-18-15(2)27-20-13-19(16-7-9-17(10-8-16)23(24,25)26)28-30(20)21(18)22(3)11-6-12-29(14-22)33(4,31)32/h13,16-17H,5-12,14H2,1-4H3/t16-,17-,22-/m1/s1. The Kier molecular flexibility index (Phi) is 6.31. The van der Waals surface area contributed by atoms with Crippen LogP contribution in [0.15, 0.2) is 6.07 Å². The lowest BCUT2D eigenvalue weighted by molar-refractivity contribution is -0.182. The van der Waals surface area contributed by atoms with Gasteiger partial charge in [-0.25, -0.2) is 22.2 Å². The number of fused-ring (bicyclic) bond motifs is 1. The van der Waals surface area contributed by atoms with E-state index in [1.165, 1.54) is 6.26 Å². The van der Waals surface area contributed by atoms with Gasteiger partial charge in [0.05, 0.1) is 23.6 Å². The normalized spacial score (nSPS) is 27.8. The molecule has 0 unspecified atom stereocenters. The first-order valence-electron chi connectivity index (χ1n) is 11.7. The SMILES string of the molecule is CCc1c(C)nc2cc([C@H]3CC[C@H](C(F)(F)F)CC3)nn2c1[C@]1(C)CCCN(S(C)(=O)=O)C1. The van der Waals surface area contributed by atoms with Crippen LogP contribution in [-0.2, 0) is 21.9 Å². The number of nitrogens with zero attached hydrogens (tertiary/aromatic N) is 4. The highest BCUT2D eigenvalue weighted by Gasteiger charge is 2.43. The molecule has 0 radical (unpaired) electrons. The van der Waals surface area contributed by atoms with Crippen LogP contribution in [0.3, 0.4) is 0 Å². The topological polar surface area (TPSA) is 67.6 Å². The molecule has 3 heterocycles. The molecule has 1 aliphatic carbocycles. The first-order chi connectivity index (χ1) is 15.3. The van der Waals surface area contributed by atoms with Crippen molar-refractivity contribution < 1.29 is 21.6 Å². The molecule has 0 N–H and O–H groups in total. The van der Waals surface area contributed by atoms with Crippen molar-refractivity contribution in [2.75, 3.05) is 19.3 Å². The van der Waals surface area contributed by atoms with Crippen molar-refractivity contribution in [3.63, 3.8) is 0 Å². The largest absolute Gasteiger partial charge is 0.391 e. The fraction of sp³-hybridized carbons (Fsp3) is 0.739. The Labute approximate surface area is 193 Å². The molecule has 184 valence electrons. The minimum atomic E-state index is -4.13. The van der Waals surface area contributed by atoms with E-state index in [1.807, 2.05) is 17.5 Å². The first kappa shape index (κ1) is 24.4. The van der Waals surface area contributed by atoms with Crippen LogP contribution in [0.1, 0.15) is 80.9 Å². The fourth-order valence-electron chi connectivity index (χ4n) is 5.80. The molecular formula is C23H33F3N4O2S. The van der Waals surface area contributed by atoms with Crippen molar-refractivity contribution in [1.29, 1.82) is 0 Å². The average Bonchev–Trinajstić information content (AvgIpc) is 3.14. The number of aromatic nitrogens is 3. The molecule has 2 fully saturated rings. The first-order valence-corrected chi connectivity index (χ1v) is 13.6. The number of halogens is 3. The van der Waals surface area contributed by atoms with Crippen molar-refractivity contribution in [2.45, 2.75) is 83.2 Å². The number of aryl methyl sites for hydroxylation is 1. The number of rotatable bonds is 4. The Morgan fingerprint density at radius 2 is 1.88 bits per heavy atom. The summed E-state index contributed by atoms with van der Waals surface area (Å²) in [6, 6.07) is 1.91. The van der Waals surface area contributed by atoms with Crippen molar-refractivity contribution in [3.05, 3.63) is 28.7 Å². The van der Waals surface area contributed by atoms with Gasteiger partial charge in [-0.1, -0.05) is 13.8 Å². The predicted molar refractivity (Wildman–Crippen MR) is 121 cm³/mol. The summed E-state index contributed by atoms with van der Waals surface area (Å²) in [7, 11) is -3.32. The summed E-state index contributed by atoms with van der Waals surface area (Å²) < 4.78 is 67.3. The highest BCUT2D eigenvalue weighted by molar-refractivity contribution is 7.88. The maximum atomic E-state index is 13.1. The van der Waals surface area contributed by atoms with Crippen molar-refractivity contribution in [2.24, 2.45) is 5.92 Å². The van der Waals surface area contributed by atoms with Crippen LogP contribution < -0.4 is 0 Å². The summed E-state index contributed by atoms with van der Waals surface area (Å²) in [4.78, 5) is 4.76. The summed E-state index contributed by atoms with van der Waals surface area (Å²) >= 11 is 0. The highest BCUT2D eigenvalue weighted by atomic mass is 32.2. The van der Waals surface area contributed by atoms with Crippen LogP contribution in [0.25, 0.3) is 5.65 Å². The number of piperidine rings is 1. The molecule has 0 spiro atoms. The van der Waals surface area contributed by atoms with Crippen LogP contribution in [0.4, 0.5) is 13.2 Å². The summed E-state index contributed by atoms with van der Waals surface area (Å²) in [5.74, 6) is -1.24. The smallest absolute Gasteiger partial charge is 0.234 e. The van der Waals surface area contributed by atoms with E-state index >= 15 is 0 Å². The van der Waals surface area contributed by atoms with Crippen molar-refractivity contribution in [1.82, 2.24) is 18.9 Å². The van der Waals surface area contributed by atoms with E-state index in [1.54, 1.807) is 4.31 Å². The van der Waals surface area contributed by atoms with Crippen LogP contribution in [0, 0.1) is 12.8 Å². The molecule has 1 saturated carbocycles. The Balaban J connectivity index is 1.75. The van der Waals surface area contributed by atoms with Gasteiger partial charge in [-0.15, -0.1) is 0 Å². The molecule has 0 aromatic carbocycles. The minimum absolute atomic E-state index is 0.0183. The van der Waals surface area contributed by atoms with Gasteiger partial charge >= 0.3 is 6.18 Å². The average molecular weight is 487 g/mol. The van der Waals surface area contributed by atoms with Crippen LogP contribution in [-0.4, -0.2) is 52.8 Å². The summed E-state index contributed by atoms with van der Waals surface area (Å²) in [5, 5.41) is 4.89. The van der Waals surface area contributed by atoms with Gasteiger partial charge in [-0.2, -0.15) is 18.3 Å². The maximum Gasteiger partial charge on any atom is 0.391 e. The van der Waals surface area contributed by atoms with Gasteiger partial charge in [0.15, 0.2) is 5.65 Å². The minimum Gasteiger partial charge on any atom is -0.234 e. The zero-order valence-corrected chi connectivity index (χ0v) is 20.6. The molecule has 0 bridgehead atoms. The Morgan fingerprint density at radius 1 is 1.21 bits per heavy atom. The molecule has 1 atom stereocenters. The third-order valence-electron chi connectivity index (χ3n) is 7.59. The Morgan fingerprint density at radius 3 is 2.45 bits per heavy atom. The third kappa shape index (κ3) is 4.65. The third-order valence-corrected chi connectivity index (χ3v) is 8.84. The van der Waals surface area contributed by atoms with E-state index in [-0.39, 0.29) is 18.8 Å². The van der Waals surface area contributed by atoms with Gasteiger partial charge in [-0.3, -0.25) is 0 Å². The molecule has 10 heteroatoms. The van der Waals surface area contributed by atoms with Crippen molar-refractivity contribution >= 4 is 15.7 Å². The van der Waals surface area contributed by atoms with E-state index in [9.17, 15) is 21.6 Å². The van der Waals surface area contributed by atoms with Gasteiger partial charge in [0.25, 0.3) is 0 Å². The molecule has 4 rings (SSSR count). The number of sulfonamides is 1. The van der Waals surface area contributed by atoms with Gasteiger partial charge < -0.3 is 0 Å². The second-order valence-electron chi connectivity index (χ2n) is 10.1. The van der Waals surface area contributed by atoms with Crippen LogP contribution >= 0.6 is 0 Å². The molecular weight excluding hydrogens is 453 g/mol. The molecule has 2 aromatic rings. The van der Waals surface area contributed by atoms with E-state index in [0.717, 1.165) is 41.9 Å². The molecule has 0 amide bonds. The van der Waals surface area contributed by atoms with Crippen LogP contribution in [0.5, 0.6) is 0 Å². The zero-order chi connectivity index (χ0) is 24.2. The number of alkyl halides is 3. The van der Waals surface area contributed by atoms with Gasteiger partial charge in [0.2, 0.25) is 10.0 Å². The highest BCUT2D eigenvalue weighted by Crippen LogP contribution is 2.43. The van der Waals surface area contributed by atoms with Crippen LogP contribution in [0.2, 0.25) is 0 Å². The molecule has 1 saturated heterocycles. The molecule has 1 aliphatic heterocycles. The quantitative estimate of drug-likeness (QED) is 0.626. The second-order valence-corrected chi connectivity index (χ2v) is 12.1. The molecule has 2 aliphatic rings. The van der Waals surface area contributed by atoms with E-state index in [4.69, 9.17) is 10.1 Å². The second kappa shape index (κ2) is 8.52. The summed E-state index contributed by atoms with van der Waals surface area (Å²) in [6.45, 7) is 7.00. The lowest BCUT2D eigenvalue weighted by Crippen LogP contribution is -2.48. The summed E-state index contributed by atoms with van der Waals surface area (Å²) in [6.07, 6.45) is 0.616. The summed E-state index contributed by atoms with van der Waals surface area (Å²) in [5.41, 5.74) is 3.98. The number of hydrogen-bond acceptors (Lipinski definition) is 4. The maximum absolute atomic E-state index is 13.1. The van der Waals surface area contributed by atoms with E-state index < -0.39 is 27.5 Å². The monoisotopic (exact) mass is 486 g/mol. The molecule has 33 heavy (non-hydrogen) atoms. The van der Waals surface area contributed by atoms with Crippen molar-refractivity contribution in [3.8, 4) is 0 Å². The predicted octanol–water partition coefficient (Wildman–Crippen LogP) is 4.75. The molecule has 2 aromatic heterocycles. The lowest BCUT2D eigenvalue weighted by atomic mass is 9.77. The van der Waals surface area contributed by atoms with Gasteiger partial charge in [0, 0.05) is 36.2 Å². The number of hydrogen-bond donors (Lipinski definition) is 0.